The Balaban J connectivity index is 1.25. The minimum atomic E-state index is -0.159. The fourth-order valence-corrected chi connectivity index (χ4v) is 3.53. The first-order valence-electron chi connectivity index (χ1n) is 10.00. The van der Waals surface area contributed by atoms with Crippen LogP contribution in [0.1, 0.15) is 34.8 Å². The molecule has 4 heteroatoms. The molecule has 1 unspecified atom stereocenters. The Bertz CT molecular complexity index is 938. The lowest BCUT2D eigenvalue weighted by Crippen LogP contribution is -2.27. The maximum absolute atomic E-state index is 12.4. The van der Waals surface area contributed by atoms with E-state index in [1.807, 2.05) is 66.7 Å². The zero-order chi connectivity index (χ0) is 19.9. The standard InChI is InChI=1S/C25H25NO3/c27-25(16-24-23-9-5-4-8-21(23)14-15-28-24)26-17-19-10-12-22(13-11-19)29-18-20-6-2-1-3-7-20/h1-13,24H,14-18H2,(H,26,27). The lowest BCUT2D eigenvalue weighted by molar-refractivity contribution is -0.124. The van der Waals surface area contributed by atoms with Crippen LogP contribution in [0.15, 0.2) is 78.9 Å². The van der Waals surface area contributed by atoms with Crippen LogP contribution in [-0.4, -0.2) is 12.5 Å². The Kier molecular flexibility index (Phi) is 6.22. The van der Waals surface area contributed by atoms with Gasteiger partial charge in [0.15, 0.2) is 0 Å². The largest absolute Gasteiger partial charge is 0.489 e. The summed E-state index contributed by atoms with van der Waals surface area (Å²) in [5, 5.41) is 2.99. The molecule has 4 rings (SSSR count). The van der Waals surface area contributed by atoms with Gasteiger partial charge in [-0.3, -0.25) is 4.79 Å². The van der Waals surface area contributed by atoms with Gasteiger partial charge in [-0.15, -0.1) is 0 Å². The molecule has 1 aliphatic rings. The van der Waals surface area contributed by atoms with Crippen molar-refractivity contribution in [1.29, 1.82) is 0 Å². The van der Waals surface area contributed by atoms with E-state index in [1.54, 1.807) is 0 Å². The van der Waals surface area contributed by atoms with E-state index in [-0.39, 0.29) is 12.0 Å². The number of hydrogen-bond acceptors (Lipinski definition) is 3. The summed E-state index contributed by atoms with van der Waals surface area (Å²) in [6.07, 6.45) is 1.09. The smallest absolute Gasteiger partial charge is 0.223 e. The van der Waals surface area contributed by atoms with E-state index in [0.29, 0.717) is 26.2 Å². The van der Waals surface area contributed by atoms with Crippen molar-refractivity contribution in [2.24, 2.45) is 0 Å². The van der Waals surface area contributed by atoms with Crippen LogP contribution < -0.4 is 10.1 Å². The molecule has 3 aromatic carbocycles. The minimum absolute atomic E-state index is 0.00360. The van der Waals surface area contributed by atoms with Crippen molar-refractivity contribution < 1.29 is 14.3 Å². The number of carbonyl (C=O) groups excluding carboxylic acids is 1. The first kappa shape index (κ1) is 19.2. The van der Waals surface area contributed by atoms with Crippen LogP contribution in [0.2, 0.25) is 0 Å². The molecule has 29 heavy (non-hydrogen) atoms. The van der Waals surface area contributed by atoms with Crippen molar-refractivity contribution in [2.45, 2.75) is 32.1 Å². The molecule has 1 heterocycles. The SMILES string of the molecule is O=C(CC1OCCc2ccccc21)NCc1ccc(OCc2ccccc2)cc1. The predicted molar refractivity (Wildman–Crippen MR) is 113 cm³/mol. The third kappa shape index (κ3) is 5.24. The second-order valence-electron chi connectivity index (χ2n) is 7.21. The second kappa shape index (κ2) is 9.39. The number of fused-ring (bicyclic) bond motifs is 1. The Labute approximate surface area is 171 Å². The summed E-state index contributed by atoms with van der Waals surface area (Å²) in [4.78, 5) is 12.4. The van der Waals surface area contributed by atoms with Crippen LogP contribution in [-0.2, 0) is 29.1 Å². The third-order valence-electron chi connectivity index (χ3n) is 5.12. The summed E-state index contributed by atoms with van der Waals surface area (Å²) >= 11 is 0. The van der Waals surface area contributed by atoms with Crippen LogP contribution >= 0.6 is 0 Å². The molecule has 0 saturated heterocycles. The Hall–Kier alpha value is -3.11. The summed E-state index contributed by atoms with van der Waals surface area (Å²) in [5.74, 6) is 0.812. The van der Waals surface area contributed by atoms with Crippen LogP contribution in [0.4, 0.5) is 0 Å². The quantitative estimate of drug-likeness (QED) is 0.645. The zero-order valence-electron chi connectivity index (χ0n) is 16.3. The van der Waals surface area contributed by atoms with E-state index in [2.05, 4.69) is 17.4 Å². The molecule has 3 aromatic rings. The highest BCUT2D eigenvalue weighted by atomic mass is 16.5. The first-order valence-corrected chi connectivity index (χ1v) is 10.00. The lowest BCUT2D eigenvalue weighted by atomic mass is 9.95. The Morgan fingerprint density at radius 1 is 0.931 bits per heavy atom. The molecule has 0 aromatic heterocycles. The fourth-order valence-electron chi connectivity index (χ4n) is 3.53. The van der Waals surface area contributed by atoms with Crippen LogP contribution in [0, 0.1) is 0 Å². The van der Waals surface area contributed by atoms with E-state index in [1.165, 1.54) is 5.56 Å². The van der Waals surface area contributed by atoms with Gasteiger partial charge in [0.25, 0.3) is 0 Å². The average Bonchev–Trinajstić information content (AvgIpc) is 2.78. The monoisotopic (exact) mass is 387 g/mol. The molecule has 1 N–H and O–H groups in total. The number of amides is 1. The minimum Gasteiger partial charge on any atom is -0.489 e. The first-order chi connectivity index (χ1) is 14.3. The summed E-state index contributed by atoms with van der Waals surface area (Å²) < 4.78 is 11.6. The zero-order valence-corrected chi connectivity index (χ0v) is 16.3. The molecule has 0 bridgehead atoms. The van der Waals surface area contributed by atoms with E-state index in [0.717, 1.165) is 28.9 Å². The van der Waals surface area contributed by atoms with Gasteiger partial charge in [0.1, 0.15) is 12.4 Å². The molecule has 0 spiro atoms. The molecule has 148 valence electrons. The van der Waals surface area contributed by atoms with Crippen LogP contribution in [0.3, 0.4) is 0 Å². The molecular formula is C25H25NO3. The molecule has 4 nitrogen and oxygen atoms in total. The lowest BCUT2D eigenvalue weighted by Gasteiger charge is -2.25. The predicted octanol–water partition coefficient (Wildman–Crippen LogP) is 4.59. The highest BCUT2D eigenvalue weighted by Crippen LogP contribution is 2.29. The molecule has 0 radical (unpaired) electrons. The highest BCUT2D eigenvalue weighted by molar-refractivity contribution is 5.76. The number of rotatable bonds is 7. The fraction of sp³-hybridized carbons (Fsp3) is 0.240. The Morgan fingerprint density at radius 3 is 2.52 bits per heavy atom. The van der Waals surface area contributed by atoms with Crippen molar-refractivity contribution >= 4 is 5.91 Å². The van der Waals surface area contributed by atoms with Crippen LogP contribution in [0.5, 0.6) is 5.75 Å². The van der Waals surface area contributed by atoms with E-state index >= 15 is 0 Å². The van der Waals surface area contributed by atoms with Gasteiger partial charge in [0.05, 0.1) is 19.1 Å². The molecule has 0 fully saturated rings. The summed E-state index contributed by atoms with van der Waals surface area (Å²) in [6.45, 7) is 1.70. The van der Waals surface area contributed by atoms with Gasteiger partial charge >= 0.3 is 0 Å². The normalized spacial score (nSPS) is 15.4. The number of carbonyl (C=O) groups is 1. The molecule has 1 atom stereocenters. The van der Waals surface area contributed by atoms with Crippen molar-refractivity contribution in [3.05, 3.63) is 101 Å². The number of benzene rings is 3. The Morgan fingerprint density at radius 2 is 1.69 bits per heavy atom. The third-order valence-corrected chi connectivity index (χ3v) is 5.12. The van der Waals surface area contributed by atoms with Gasteiger partial charge in [-0.1, -0.05) is 66.7 Å². The maximum Gasteiger partial charge on any atom is 0.223 e. The van der Waals surface area contributed by atoms with Crippen molar-refractivity contribution in [3.63, 3.8) is 0 Å². The number of hydrogen-bond donors (Lipinski definition) is 1. The van der Waals surface area contributed by atoms with E-state index in [4.69, 9.17) is 9.47 Å². The molecule has 1 amide bonds. The van der Waals surface area contributed by atoms with Gasteiger partial charge in [-0.05, 0) is 40.8 Å². The summed E-state index contributed by atoms with van der Waals surface area (Å²) in [5.41, 5.74) is 4.59. The van der Waals surface area contributed by atoms with Gasteiger partial charge in [-0.2, -0.15) is 0 Å². The summed E-state index contributed by atoms with van der Waals surface area (Å²) in [7, 11) is 0. The van der Waals surface area contributed by atoms with Crippen molar-refractivity contribution in [1.82, 2.24) is 5.32 Å². The second-order valence-corrected chi connectivity index (χ2v) is 7.21. The van der Waals surface area contributed by atoms with E-state index in [9.17, 15) is 4.79 Å². The average molecular weight is 387 g/mol. The number of ether oxygens (including phenoxy) is 2. The van der Waals surface area contributed by atoms with E-state index < -0.39 is 0 Å². The molecule has 1 aliphatic heterocycles. The van der Waals surface area contributed by atoms with Crippen molar-refractivity contribution in [3.8, 4) is 5.75 Å². The molecule has 0 aliphatic carbocycles. The van der Waals surface area contributed by atoms with Gasteiger partial charge < -0.3 is 14.8 Å². The van der Waals surface area contributed by atoms with Gasteiger partial charge in [0, 0.05) is 6.54 Å². The van der Waals surface area contributed by atoms with Gasteiger partial charge in [0.2, 0.25) is 5.91 Å². The van der Waals surface area contributed by atoms with Crippen LogP contribution in [0.25, 0.3) is 0 Å². The van der Waals surface area contributed by atoms with Gasteiger partial charge in [-0.25, -0.2) is 0 Å². The number of nitrogens with one attached hydrogen (secondary N) is 1. The molecule has 0 saturated carbocycles. The highest BCUT2D eigenvalue weighted by Gasteiger charge is 2.22. The van der Waals surface area contributed by atoms with Crippen molar-refractivity contribution in [2.75, 3.05) is 6.61 Å². The maximum atomic E-state index is 12.4. The topological polar surface area (TPSA) is 47.6 Å². The summed E-state index contributed by atoms with van der Waals surface area (Å²) in [6, 6.07) is 26.1. The molecular weight excluding hydrogens is 362 g/mol.